The monoisotopic (exact) mass is 444 g/mol. The molecule has 1 fully saturated rings. The maximum absolute atomic E-state index is 14.2. The molecule has 3 aromatic rings. The number of fused-ring (bicyclic) bond motifs is 4. The van der Waals surface area contributed by atoms with E-state index in [0.29, 0.717) is 27.8 Å². The average Bonchev–Trinajstić information content (AvgIpc) is 3.25. The summed E-state index contributed by atoms with van der Waals surface area (Å²) in [6.07, 6.45) is -1.22. The Labute approximate surface area is 189 Å². The maximum Gasteiger partial charge on any atom is 0.354 e. The number of ether oxygens (including phenoxy) is 4. The first kappa shape index (κ1) is 21.1. The molecule has 0 N–H and O–H groups in total. The van der Waals surface area contributed by atoms with Gasteiger partial charge in [-0.15, -0.1) is 0 Å². The van der Waals surface area contributed by atoms with Gasteiger partial charge in [-0.1, -0.05) is 78.9 Å². The van der Waals surface area contributed by atoms with Crippen LogP contribution in [0.3, 0.4) is 0 Å². The number of hydrogen-bond acceptors (Lipinski definition) is 7. The number of carbonyl (C=O) groups is 3. The first-order valence-electron chi connectivity index (χ1n) is 10.3. The van der Waals surface area contributed by atoms with Crippen molar-refractivity contribution in [1.82, 2.24) is 0 Å². The second-order valence-electron chi connectivity index (χ2n) is 7.74. The van der Waals surface area contributed by atoms with Crippen molar-refractivity contribution in [3.8, 4) is 11.1 Å². The van der Waals surface area contributed by atoms with Gasteiger partial charge in [-0.25, -0.2) is 9.59 Å². The molecular formula is C26H20O7. The van der Waals surface area contributed by atoms with Gasteiger partial charge in [0, 0.05) is 16.7 Å². The van der Waals surface area contributed by atoms with Crippen LogP contribution < -0.4 is 0 Å². The normalized spacial score (nSPS) is 22.4. The summed E-state index contributed by atoms with van der Waals surface area (Å²) in [4.78, 5) is 41.0. The summed E-state index contributed by atoms with van der Waals surface area (Å²) in [6, 6.07) is 22.7. The van der Waals surface area contributed by atoms with Gasteiger partial charge in [0.15, 0.2) is 6.29 Å². The van der Waals surface area contributed by atoms with E-state index in [1.54, 1.807) is 66.7 Å². The minimum atomic E-state index is -2.53. The lowest BCUT2D eigenvalue weighted by atomic mass is 9.66. The Morgan fingerprint density at radius 2 is 1.27 bits per heavy atom. The lowest BCUT2D eigenvalue weighted by Gasteiger charge is -2.41. The van der Waals surface area contributed by atoms with E-state index in [1.807, 2.05) is 12.1 Å². The van der Waals surface area contributed by atoms with E-state index in [2.05, 4.69) is 0 Å². The SMILES string of the molecule is COC(=O)C1(C(=O)OC)O[C@H](c2ccccc2)O[C@@]12C(=O)c1ccccc1-c1ccccc12. The van der Waals surface area contributed by atoms with E-state index in [1.165, 1.54) is 0 Å². The zero-order chi connectivity index (χ0) is 23.2. The van der Waals surface area contributed by atoms with Gasteiger partial charge in [-0.3, -0.25) is 4.79 Å². The maximum atomic E-state index is 14.2. The van der Waals surface area contributed by atoms with E-state index < -0.39 is 35.2 Å². The number of methoxy groups -OCH3 is 2. The molecule has 1 aliphatic carbocycles. The topological polar surface area (TPSA) is 88.1 Å². The van der Waals surface area contributed by atoms with Crippen LogP contribution in [0.5, 0.6) is 0 Å². The van der Waals surface area contributed by atoms with Crippen LogP contribution in [-0.4, -0.2) is 37.5 Å². The highest BCUT2D eigenvalue weighted by atomic mass is 16.8. The number of ketones is 1. The Bertz CT molecular complexity index is 1250. The van der Waals surface area contributed by atoms with Crippen molar-refractivity contribution in [2.24, 2.45) is 0 Å². The molecule has 2 aliphatic rings. The Hall–Kier alpha value is -3.81. The first-order chi connectivity index (χ1) is 16.0. The second kappa shape index (κ2) is 7.65. The summed E-state index contributed by atoms with van der Waals surface area (Å²) >= 11 is 0. The molecule has 7 heteroatoms. The Kier molecular flexibility index (Phi) is 4.88. The highest BCUT2D eigenvalue weighted by molar-refractivity contribution is 6.20. The third-order valence-corrected chi connectivity index (χ3v) is 6.17. The minimum absolute atomic E-state index is 0.297. The van der Waals surface area contributed by atoms with Crippen LogP contribution in [0.1, 0.15) is 27.8 Å². The van der Waals surface area contributed by atoms with E-state index in [-0.39, 0.29) is 0 Å². The molecule has 3 aromatic carbocycles. The highest BCUT2D eigenvalue weighted by Gasteiger charge is 2.77. The Morgan fingerprint density at radius 3 is 1.91 bits per heavy atom. The smallest absolute Gasteiger partial charge is 0.354 e. The van der Waals surface area contributed by atoms with Gasteiger partial charge < -0.3 is 18.9 Å². The van der Waals surface area contributed by atoms with E-state index >= 15 is 0 Å². The van der Waals surface area contributed by atoms with Crippen molar-refractivity contribution in [2.45, 2.75) is 17.5 Å². The van der Waals surface area contributed by atoms with Crippen LogP contribution in [0, 0.1) is 0 Å². The summed E-state index contributed by atoms with van der Waals surface area (Å²) in [7, 11) is 2.24. The van der Waals surface area contributed by atoms with Gasteiger partial charge >= 0.3 is 17.5 Å². The molecule has 1 spiro atoms. The lowest BCUT2D eigenvalue weighted by Crippen LogP contribution is -2.65. The van der Waals surface area contributed by atoms with Crippen molar-refractivity contribution in [2.75, 3.05) is 14.2 Å². The van der Waals surface area contributed by atoms with E-state index in [9.17, 15) is 14.4 Å². The third-order valence-electron chi connectivity index (χ3n) is 6.17. The molecule has 0 amide bonds. The molecule has 7 nitrogen and oxygen atoms in total. The average molecular weight is 444 g/mol. The minimum Gasteiger partial charge on any atom is -0.466 e. The van der Waals surface area contributed by atoms with Crippen molar-refractivity contribution in [3.63, 3.8) is 0 Å². The first-order valence-corrected chi connectivity index (χ1v) is 10.3. The Morgan fingerprint density at radius 1 is 0.727 bits per heavy atom. The number of rotatable bonds is 3. The molecule has 166 valence electrons. The predicted molar refractivity (Wildman–Crippen MR) is 116 cm³/mol. The zero-order valence-corrected chi connectivity index (χ0v) is 17.9. The van der Waals surface area contributed by atoms with E-state index in [4.69, 9.17) is 18.9 Å². The molecule has 5 rings (SSSR count). The van der Waals surface area contributed by atoms with Gasteiger partial charge in [0.25, 0.3) is 0 Å². The van der Waals surface area contributed by atoms with Crippen molar-refractivity contribution >= 4 is 17.7 Å². The van der Waals surface area contributed by atoms with Crippen molar-refractivity contribution < 1.29 is 33.3 Å². The second-order valence-corrected chi connectivity index (χ2v) is 7.74. The molecule has 33 heavy (non-hydrogen) atoms. The van der Waals surface area contributed by atoms with Crippen LogP contribution in [0.15, 0.2) is 78.9 Å². The molecule has 1 heterocycles. The number of esters is 2. The van der Waals surface area contributed by atoms with Gasteiger partial charge in [0.05, 0.1) is 14.2 Å². The number of carbonyl (C=O) groups excluding carboxylic acids is 3. The van der Waals surface area contributed by atoms with Gasteiger partial charge in [0.2, 0.25) is 11.4 Å². The summed E-state index contributed by atoms with van der Waals surface area (Å²) < 4.78 is 22.5. The Balaban J connectivity index is 1.87. The van der Waals surface area contributed by atoms with Crippen LogP contribution in [0.2, 0.25) is 0 Å². The molecule has 1 aliphatic heterocycles. The fourth-order valence-corrected chi connectivity index (χ4v) is 4.73. The quantitative estimate of drug-likeness (QED) is 0.451. The number of benzene rings is 3. The van der Waals surface area contributed by atoms with E-state index in [0.717, 1.165) is 14.2 Å². The third kappa shape index (κ3) is 2.66. The molecule has 1 saturated heterocycles. The fraction of sp³-hybridized carbons (Fsp3) is 0.192. The molecule has 0 aromatic heterocycles. The van der Waals surface area contributed by atoms with Gasteiger partial charge in [-0.2, -0.15) is 0 Å². The number of hydrogen-bond donors (Lipinski definition) is 0. The molecule has 0 bridgehead atoms. The van der Waals surface area contributed by atoms with Crippen LogP contribution in [-0.2, 0) is 34.1 Å². The van der Waals surface area contributed by atoms with Crippen LogP contribution in [0.4, 0.5) is 0 Å². The zero-order valence-electron chi connectivity index (χ0n) is 17.9. The van der Waals surface area contributed by atoms with Gasteiger partial charge in [0.1, 0.15) is 0 Å². The predicted octanol–water partition coefficient (Wildman–Crippen LogP) is 3.58. The molecule has 2 atom stereocenters. The largest absolute Gasteiger partial charge is 0.466 e. The lowest BCUT2D eigenvalue weighted by molar-refractivity contribution is -0.190. The summed E-state index contributed by atoms with van der Waals surface area (Å²) in [5.74, 6) is -2.77. The van der Waals surface area contributed by atoms with Crippen LogP contribution in [0.25, 0.3) is 11.1 Å². The molecular weight excluding hydrogens is 424 g/mol. The summed E-state index contributed by atoms with van der Waals surface area (Å²) in [5.41, 5.74) is -2.25. The molecule has 0 radical (unpaired) electrons. The van der Waals surface area contributed by atoms with Crippen molar-refractivity contribution in [1.29, 1.82) is 0 Å². The summed E-state index contributed by atoms with van der Waals surface area (Å²) in [5, 5.41) is 0. The molecule has 0 unspecified atom stereocenters. The molecule has 0 saturated carbocycles. The van der Waals surface area contributed by atoms with Crippen molar-refractivity contribution in [3.05, 3.63) is 95.6 Å². The highest BCUT2D eigenvalue weighted by Crippen LogP contribution is 2.58. The summed E-state index contributed by atoms with van der Waals surface area (Å²) in [6.45, 7) is 0. The fourth-order valence-electron chi connectivity index (χ4n) is 4.73. The van der Waals surface area contributed by atoms with Crippen LogP contribution >= 0.6 is 0 Å². The number of Topliss-reactive ketones (excluding diaryl/α,β-unsaturated/α-hetero) is 1. The standard InChI is InChI=1S/C26H20O7/c1-30-23(28)26(24(29)31-2)25(32-22(33-26)16-10-4-3-5-11-16)20-15-9-8-13-18(20)17-12-6-7-14-19(17)21(25)27/h3-15,22H,1-2H3/t22-,25+/m1/s1. The van der Waals surface area contributed by atoms with Gasteiger partial charge in [-0.05, 0) is 11.1 Å².